The maximum Gasteiger partial charge on any atom is 0.265 e. The molecule has 0 bridgehead atoms. The number of hydrogen-bond donors (Lipinski definition) is 3. The van der Waals surface area contributed by atoms with Gasteiger partial charge in [-0.25, -0.2) is 0 Å². The quantitative estimate of drug-likeness (QED) is 0.369. The molecule has 12 heavy (non-hydrogen) atoms. The molecule has 7 heteroatoms. The number of carbonyl (C=O) groups excluding carboxylic acids is 1. The molecule has 0 saturated heterocycles. The van der Waals surface area contributed by atoms with E-state index in [4.69, 9.17) is 4.55 Å². The summed E-state index contributed by atoms with van der Waals surface area (Å²) in [4.78, 5) is 10.7. The molecule has 0 aromatic heterocycles. The molecule has 0 saturated carbocycles. The van der Waals surface area contributed by atoms with Gasteiger partial charge < -0.3 is 10.6 Å². The van der Waals surface area contributed by atoms with E-state index in [-0.39, 0.29) is 13.1 Å². The maximum atomic E-state index is 10.7. The number of carbonyl (C=O) groups is 1. The lowest BCUT2D eigenvalue weighted by atomic mass is 10.4. The summed E-state index contributed by atoms with van der Waals surface area (Å²) in [7, 11) is -2.38. The molecule has 0 aliphatic heterocycles. The first-order chi connectivity index (χ1) is 5.45. The summed E-state index contributed by atoms with van der Waals surface area (Å²) >= 11 is 0. The monoisotopic (exact) mass is 196 g/mol. The molecule has 0 atom stereocenters. The topological polar surface area (TPSA) is 95.5 Å². The molecule has 0 fully saturated rings. The van der Waals surface area contributed by atoms with Crippen molar-refractivity contribution in [2.24, 2.45) is 0 Å². The number of rotatable bonds is 5. The summed E-state index contributed by atoms with van der Waals surface area (Å²) in [6.07, 6.45) is -0.222. The molecule has 0 aromatic rings. The van der Waals surface area contributed by atoms with Crippen molar-refractivity contribution in [3.63, 3.8) is 0 Å². The minimum absolute atomic E-state index is 0.222. The van der Waals surface area contributed by atoms with Crippen molar-refractivity contribution in [3.8, 4) is 0 Å². The molecule has 0 rings (SSSR count). The van der Waals surface area contributed by atoms with Gasteiger partial charge in [0.2, 0.25) is 5.91 Å². The van der Waals surface area contributed by atoms with Crippen molar-refractivity contribution in [2.75, 3.05) is 19.5 Å². The summed E-state index contributed by atoms with van der Waals surface area (Å²) < 4.78 is 28.6. The minimum atomic E-state index is -4.03. The second kappa shape index (κ2) is 5.07. The first-order valence-corrected chi connectivity index (χ1v) is 4.93. The fourth-order valence-corrected chi connectivity index (χ4v) is 0.940. The molecule has 0 aromatic carbocycles. The van der Waals surface area contributed by atoms with Crippen molar-refractivity contribution >= 4 is 16.0 Å². The lowest BCUT2D eigenvalue weighted by Crippen LogP contribution is -2.32. The summed E-state index contributed by atoms with van der Waals surface area (Å²) in [5, 5.41) is 5.03. The third-order valence-electron chi connectivity index (χ3n) is 1.05. The van der Waals surface area contributed by atoms with Crippen molar-refractivity contribution in [2.45, 2.75) is 6.42 Å². The van der Waals surface area contributed by atoms with Crippen LogP contribution in [0, 0.1) is 0 Å². The van der Waals surface area contributed by atoms with E-state index < -0.39 is 21.8 Å². The molecule has 6 nitrogen and oxygen atoms in total. The van der Waals surface area contributed by atoms with Crippen LogP contribution in [0.5, 0.6) is 0 Å². The van der Waals surface area contributed by atoms with Crippen LogP contribution in [0.4, 0.5) is 0 Å². The SMILES string of the molecule is CNCNC(=O)CCS(=O)(=O)O. The Labute approximate surface area is 71.1 Å². The fourth-order valence-electron chi connectivity index (χ4n) is 0.497. The zero-order chi connectivity index (χ0) is 9.61. The Bertz CT molecular complexity index is 236. The van der Waals surface area contributed by atoms with E-state index in [0.717, 1.165) is 0 Å². The van der Waals surface area contributed by atoms with Crippen LogP contribution in [0.25, 0.3) is 0 Å². The Kier molecular flexibility index (Phi) is 4.79. The molecular weight excluding hydrogens is 184 g/mol. The van der Waals surface area contributed by atoms with Crippen LogP contribution in [0.15, 0.2) is 0 Å². The van der Waals surface area contributed by atoms with Gasteiger partial charge >= 0.3 is 0 Å². The average molecular weight is 196 g/mol. The van der Waals surface area contributed by atoms with Crippen LogP contribution in [0.3, 0.4) is 0 Å². The van der Waals surface area contributed by atoms with Crippen LogP contribution < -0.4 is 10.6 Å². The highest BCUT2D eigenvalue weighted by Gasteiger charge is 2.08. The van der Waals surface area contributed by atoms with Gasteiger partial charge in [0.1, 0.15) is 0 Å². The van der Waals surface area contributed by atoms with Crippen molar-refractivity contribution in [3.05, 3.63) is 0 Å². The van der Waals surface area contributed by atoms with E-state index in [1.165, 1.54) is 0 Å². The first kappa shape index (κ1) is 11.3. The Balaban J connectivity index is 3.58. The van der Waals surface area contributed by atoms with Gasteiger partial charge in [0, 0.05) is 6.42 Å². The molecular formula is C5H12N2O4S. The van der Waals surface area contributed by atoms with Gasteiger partial charge in [0.05, 0.1) is 12.4 Å². The fraction of sp³-hybridized carbons (Fsp3) is 0.800. The van der Waals surface area contributed by atoms with Gasteiger partial charge in [-0.15, -0.1) is 0 Å². The van der Waals surface area contributed by atoms with Crippen LogP contribution >= 0.6 is 0 Å². The van der Waals surface area contributed by atoms with E-state index in [1.54, 1.807) is 7.05 Å². The van der Waals surface area contributed by atoms with E-state index in [1.807, 2.05) is 0 Å². The lowest BCUT2D eigenvalue weighted by molar-refractivity contribution is -0.120. The molecule has 0 radical (unpaired) electrons. The summed E-state index contributed by atoms with van der Waals surface area (Å²) in [6.45, 7) is 0.282. The molecule has 3 N–H and O–H groups in total. The number of nitrogens with one attached hydrogen (secondary N) is 2. The van der Waals surface area contributed by atoms with Crippen LogP contribution in [0.2, 0.25) is 0 Å². The van der Waals surface area contributed by atoms with E-state index >= 15 is 0 Å². The van der Waals surface area contributed by atoms with Crippen LogP contribution in [-0.2, 0) is 14.9 Å². The van der Waals surface area contributed by atoms with E-state index in [2.05, 4.69) is 10.6 Å². The highest BCUT2D eigenvalue weighted by atomic mass is 32.2. The van der Waals surface area contributed by atoms with Gasteiger partial charge in [-0.05, 0) is 7.05 Å². The van der Waals surface area contributed by atoms with Crippen LogP contribution in [-0.4, -0.2) is 38.3 Å². The van der Waals surface area contributed by atoms with Crippen molar-refractivity contribution < 1.29 is 17.8 Å². The highest BCUT2D eigenvalue weighted by Crippen LogP contribution is 1.87. The summed E-state index contributed by atoms with van der Waals surface area (Å²) in [5.41, 5.74) is 0. The largest absolute Gasteiger partial charge is 0.344 e. The molecule has 0 unspecified atom stereocenters. The smallest absolute Gasteiger partial charge is 0.265 e. The normalized spacial score (nSPS) is 11.2. The molecule has 0 aliphatic carbocycles. The maximum absolute atomic E-state index is 10.7. The zero-order valence-corrected chi connectivity index (χ0v) is 7.52. The van der Waals surface area contributed by atoms with Gasteiger partial charge in [-0.1, -0.05) is 0 Å². The van der Waals surface area contributed by atoms with Gasteiger partial charge in [0.15, 0.2) is 0 Å². The molecule has 1 amide bonds. The zero-order valence-electron chi connectivity index (χ0n) is 6.70. The Morgan fingerprint density at radius 3 is 2.50 bits per heavy atom. The van der Waals surface area contributed by atoms with Gasteiger partial charge in [-0.3, -0.25) is 9.35 Å². The number of hydrogen-bond acceptors (Lipinski definition) is 4. The molecule has 72 valence electrons. The lowest BCUT2D eigenvalue weighted by Gasteiger charge is -2.01. The molecule has 0 aliphatic rings. The predicted molar refractivity (Wildman–Crippen MR) is 43.1 cm³/mol. The Morgan fingerprint density at radius 1 is 1.50 bits per heavy atom. The second-order valence-corrected chi connectivity index (χ2v) is 3.74. The average Bonchev–Trinajstić information content (AvgIpc) is 1.95. The first-order valence-electron chi connectivity index (χ1n) is 3.32. The number of amides is 1. The molecule has 0 heterocycles. The second-order valence-electron chi connectivity index (χ2n) is 2.17. The highest BCUT2D eigenvalue weighted by molar-refractivity contribution is 7.85. The minimum Gasteiger partial charge on any atom is -0.344 e. The molecule has 0 spiro atoms. The van der Waals surface area contributed by atoms with E-state index in [9.17, 15) is 13.2 Å². The Hall–Kier alpha value is -0.660. The summed E-state index contributed by atoms with van der Waals surface area (Å²) in [5.74, 6) is -0.954. The Morgan fingerprint density at radius 2 is 2.08 bits per heavy atom. The van der Waals surface area contributed by atoms with E-state index in [0.29, 0.717) is 0 Å². The summed E-state index contributed by atoms with van der Waals surface area (Å²) in [6, 6.07) is 0. The third-order valence-corrected chi connectivity index (χ3v) is 1.77. The van der Waals surface area contributed by atoms with Crippen molar-refractivity contribution in [1.82, 2.24) is 10.6 Å². The van der Waals surface area contributed by atoms with Crippen LogP contribution in [0.1, 0.15) is 6.42 Å². The third kappa shape index (κ3) is 7.45. The van der Waals surface area contributed by atoms with Crippen molar-refractivity contribution in [1.29, 1.82) is 0 Å². The predicted octanol–water partition coefficient (Wildman–Crippen LogP) is -1.44. The van der Waals surface area contributed by atoms with Gasteiger partial charge in [-0.2, -0.15) is 8.42 Å². The standard InChI is InChI=1S/C5H12N2O4S/c1-6-4-7-5(8)2-3-12(9,10)11/h6H,2-4H2,1H3,(H,7,8)(H,9,10,11). The van der Waals surface area contributed by atoms with Gasteiger partial charge in [0.25, 0.3) is 10.1 Å².